The van der Waals surface area contributed by atoms with E-state index in [1.807, 2.05) is 34.9 Å². The van der Waals surface area contributed by atoms with E-state index in [9.17, 15) is 4.79 Å². The van der Waals surface area contributed by atoms with E-state index in [1.165, 1.54) is 0 Å². The van der Waals surface area contributed by atoms with Crippen LogP contribution in [0.1, 0.15) is 13.3 Å². The number of hydrogen-bond acceptors (Lipinski definition) is 5. The molecule has 27 heavy (non-hydrogen) atoms. The molecule has 5 nitrogen and oxygen atoms in total. The minimum absolute atomic E-state index is 0.0168. The highest BCUT2D eigenvalue weighted by molar-refractivity contribution is 8.00. The summed E-state index contributed by atoms with van der Waals surface area (Å²) >= 11 is 8.15. The molecule has 2 aromatic rings. The Bertz CT molecular complexity index is 861. The molecule has 0 aromatic heterocycles. The fraction of sp³-hybridized carbons (Fsp3) is 0.350. The Morgan fingerprint density at radius 3 is 2.81 bits per heavy atom. The second-order valence-electron chi connectivity index (χ2n) is 6.56. The first kappa shape index (κ1) is 18.3. The molecule has 2 aliphatic heterocycles. The molecular weight excluding hydrogens is 384 g/mol. The molecule has 142 valence electrons. The van der Waals surface area contributed by atoms with Crippen molar-refractivity contribution in [3.63, 3.8) is 0 Å². The molecule has 0 aliphatic carbocycles. The topological polar surface area (TPSA) is 50.8 Å². The van der Waals surface area contributed by atoms with Crippen molar-refractivity contribution in [2.75, 3.05) is 36.5 Å². The van der Waals surface area contributed by atoms with E-state index < -0.39 is 0 Å². The fourth-order valence-corrected chi connectivity index (χ4v) is 4.54. The van der Waals surface area contributed by atoms with Crippen molar-refractivity contribution < 1.29 is 14.3 Å². The number of carbonyl (C=O) groups is 1. The van der Waals surface area contributed by atoms with Crippen molar-refractivity contribution in [1.82, 2.24) is 0 Å². The molecular formula is C20H21ClN2O3S. The highest BCUT2D eigenvalue weighted by atomic mass is 35.5. The van der Waals surface area contributed by atoms with Gasteiger partial charge in [0.1, 0.15) is 13.2 Å². The SMILES string of the molecule is C[C@@H]1CCN(C(=O)CNc2cc3c(cc2Cl)OCCO3)c2ccccc2S1. The molecule has 0 fully saturated rings. The van der Waals surface area contributed by atoms with E-state index in [0.29, 0.717) is 47.2 Å². The number of carbonyl (C=O) groups excluding carboxylic acids is 1. The first-order chi connectivity index (χ1) is 13.1. The lowest BCUT2D eigenvalue weighted by Crippen LogP contribution is -2.36. The maximum Gasteiger partial charge on any atom is 0.246 e. The summed E-state index contributed by atoms with van der Waals surface area (Å²) in [5.74, 6) is 1.30. The summed E-state index contributed by atoms with van der Waals surface area (Å²) in [5.41, 5.74) is 1.65. The minimum atomic E-state index is 0.0168. The van der Waals surface area contributed by atoms with Gasteiger partial charge in [0.15, 0.2) is 11.5 Å². The van der Waals surface area contributed by atoms with Gasteiger partial charge in [-0.05, 0) is 18.6 Å². The molecule has 2 aliphatic rings. The van der Waals surface area contributed by atoms with E-state index in [0.717, 1.165) is 17.0 Å². The lowest BCUT2D eigenvalue weighted by Gasteiger charge is -2.24. The standard InChI is InChI=1S/C20H21ClN2O3S/c1-13-6-7-23(16-4-2-3-5-19(16)27-13)20(24)12-22-15-11-18-17(10-14(15)21)25-8-9-26-18/h2-5,10-11,13,22H,6-9,12H2,1H3/t13-/m1/s1. The van der Waals surface area contributed by atoms with Crippen LogP contribution < -0.4 is 19.7 Å². The van der Waals surface area contributed by atoms with Gasteiger partial charge in [-0.15, -0.1) is 11.8 Å². The van der Waals surface area contributed by atoms with Crippen LogP contribution in [0.25, 0.3) is 0 Å². The summed E-state index contributed by atoms with van der Waals surface area (Å²) in [4.78, 5) is 16.0. The number of benzene rings is 2. The monoisotopic (exact) mass is 404 g/mol. The molecule has 1 amide bonds. The maximum atomic E-state index is 12.9. The van der Waals surface area contributed by atoms with Crippen LogP contribution in [0, 0.1) is 0 Å². The van der Waals surface area contributed by atoms with Gasteiger partial charge in [0.25, 0.3) is 0 Å². The van der Waals surface area contributed by atoms with Gasteiger partial charge in [-0.1, -0.05) is 30.7 Å². The number of anilines is 2. The van der Waals surface area contributed by atoms with E-state index in [4.69, 9.17) is 21.1 Å². The molecule has 4 rings (SSSR count). The average molecular weight is 405 g/mol. The Hall–Kier alpha value is -2.05. The molecule has 0 unspecified atom stereocenters. The molecule has 0 spiro atoms. The number of nitrogens with zero attached hydrogens (tertiary/aromatic N) is 1. The van der Waals surface area contributed by atoms with Gasteiger partial charge >= 0.3 is 0 Å². The molecule has 2 aromatic carbocycles. The van der Waals surface area contributed by atoms with Crippen LogP contribution in [0.2, 0.25) is 5.02 Å². The predicted molar refractivity (Wildman–Crippen MR) is 110 cm³/mol. The number of nitrogens with one attached hydrogen (secondary N) is 1. The number of halogens is 1. The first-order valence-electron chi connectivity index (χ1n) is 9.01. The third-order valence-corrected chi connectivity index (χ3v) is 6.16. The molecule has 0 saturated carbocycles. The lowest BCUT2D eigenvalue weighted by molar-refractivity contribution is -0.117. The highest BCUT2D eigenvalue weighted by Crippen LogP contribution is 2.39. The highest BCUT2D eigenvalue weighted by Gasteiger charge is 2.24. The van der Waals surface area contributed by atoms with Gasteiger partial charge < -0.3 is 19.7 Å². The number of amides is 1. The predicted octanol–water partition coefficient (Wildman–Crippen LogP) is 4.44. The third kappa shape index (κ3) is 3.96. The van der Waals surface area contributed by atoms with Crippen LogP contribution in [-0.2, 0) is 4.79 Å². The Balaban J connectivity index is 1.50. The average Bonchev–Trinajstić information content (AvgIpc) is 2.84. The number of para-hydroxylation sites is 1. The third-order valence-electron chi connectivity index (χ3n) is 4.61. The summed E-state index contributed by atoms with van der Waals surface area (Å²) in [7, 11) is 0. The number of rotatable bonds is 3. The normalized spacial score (nSPS) is 18.4. The van der Waals surface area contributed by atoms with E-state index in [-0.39, 0.29) is 12.5 Å². The first-order valence-corrected chi connectivity index (χ1v) is 10.3. The Kier molecular flexibility index (Phi) is 5.36. The van der Waals surface area contributed by atoms with Gasteiger partial charge in [-0.2, -0.15) is 0 Å². The lowest BCUT2D eigenvalue weighted by atomic mass is 10.2. The van der Waals surface area contributed by atoms with Gasteiger partial charge in [-0.25, -0.2) is 0 Å². The van der Waals surface area contributed by atoms with E-state index >= 15 is 0 Å². The molecule has 0 radical (unpaired) electrons. The summed E-state index contributed by atoms with van der Waals surface area (Å²) in [6.45, 7) is 4.09. The zero-order valence-electron chi connectivity index (χ0n) is 15.0. The van der Waals surface area contributed by atoms with E-state index in [1.54, 1.807) is 12.1 Å². The summed E-state index contributed by atoms with van der Waals surface area (Å²) in [6, 6.07) is 11.6. The van der Waals surface area contributed by atoms with Gasteiger partial charge in [0, 0.05) is 28.8 Å². The molecule has 1 N–H and O–H groups in total. The van der Waals surface area contributed by atoms with Crippen molar-refractivity contribution in [3.05, 3.63) is 41.4 Å². The quantitative estimate of drug-likeness (QED) is 0.819. The molecule has 2 heterocycles. The summed E-state index contributed by atoms with van der Waals surface area (Å²) < 4.78 is 11.1. The smallest absolute Gasteiger partial charge is 0.246 e. The maximum absolute atomic E-state index is 12.9. The van der Waals surface area contributed by atoms with Crippen molar-refractivity contribution in [1.29, 1.82) is 0 Å². The second kappa shape index (κ2) is 7.90. The van der Waals surface area contributed by atoms with Crippen molar-refractivity contribution >= 4 is 40.6 Å². The summed E-state index contributed by atoms with van der Waals surface area (Å²) in [6.07, 6.45) is 0.954. The Labute approximate surface area is 168 Å². The van der Waals surface area contributed by atoms with Crippen molar-refractivity contribution in [2.24, 2.45) is 0 Å². The molecule has 7 heteroatoms. The van der Waals surface area contributed by atoms with Crippen LogP contribution in [-0.4, -0.2) is 37.5 Å². The van der Waals surface area contributed by atoms with Crippen LogP contribution in [0.3, 0.4) is 0 Å². The minimum Gasteiger partial charge on any atom is -0.486 e. The Morgan fingerprint density at radius 1 is 1.26 bits per heavy atom. The largest absolute Gasteiger partial charge is 0.486 e. The van der Waals surface area contributed by atoms with Crippen molar-refractivity contribution in [2.45, 2.75) is 23.5 Å². The molecule has 0 saturated heterocycles. The van der Waals surface area contributed by atoms with Crippen LogP contribution in [0.15, 0.2) is 41.3 Å². The number of ether oxygens (including phenoxy) is 2. The second-order valence-corrected chi connectivity index (χ2v) is 8.45. The van der Waals surface area contributed by atoms with Crippen LogP contribution in [0.4, 0.5) is 11.4 Å². The summed E-state index contributed by atoms with van der Waals surface area (Å²) in [5, 5.41) is 4.14. The van der Waals surface area contributed by atoms with Gasteiger partial charge in [-0.3, -0.25) is 4.79 Å². The van der Waals surface area contributed by atoms with E-state index in [2.05, 4.69) is 18.3 Å². The molecule has 0 bridgehead atoms. The molecule has 1 atom stereocenters. The number of fused-ring (bicyclic) bond motifs is 2. The van der Waals surface area contributed by atoms with Crippen molar-refractivity contribution in [3.8, 4) is 11.5 Å². The van der Waals surface area contributed by atoms with Gasteiger partial charge in [0.05, 0.1) is 22.9 Å². The zero-order chi connectivity index (χ0) is 18.8. The number of hydrogen-bond donors (Lipinski definition) is 1. The zero-order valence-corrected chi connectivity index (χ0v) is 16.6. The van der Waals surface area contributed by atoms with Gasteiger partial charge in [0.2, 0.25) is 5.91 Å². The van der Waals surface area contributed by atoms with Crippen LogP contribution in [0.5, 0.6) is 11.5 Å². The van der Waals surface area contributed by atoms with Crippen LogP contribution >= 0.6 is 23.4 Å². The number of thioether (sulfide) groups is 1. The fourth-order valence-electron chi connectivity index (χ4n) is 3.21. The Morgan fingerprint density at radius 2 is 2.00 bits per heavy atom.